The number of nitrogens with zero attached hydrogens (tertiary/aromatic N) is 1. The first-order valence-corrected chi connectivity index (χ1v) is 13.3. The van der Waals surface area contributed by atoms with Crippen molar-refractivity contribution in [2.75, 3.05) is 23.1 Å². The Hall–Kier alpha value is -3.37. The highest BCUT2D eigenvalue weighted by Gasteiger charge is 2.19. The third kappa shape index (κ3) is 5.75. The normalized spacial score (nSPS) is 13.6. The van der Waals surface area contributed by atoms with Crippen LogP contribution in [0.5, 0.6) is 5.75 Å². The predicted molar refractivity (Wildman–Crippen MR) is 132 cm³/mol. The predicted octanol–water partition coefficient (Wildman–Crippen LogP) is 4.06. The summed E-state index contributed by atoms with van der Waals surface area (Å²) in [6, 6.07) is 14.3. The van der Waals surface area contributed by atoms with Gasteiger partial charge < -0.3 is 15.3 Å². The Morgan fingerprint density at radius 3 is 2.35 bits per heavy atom. The van der Waals surface area contributed by atoms with E-state index in [-0.39, 0.29) is 27.1 Å². The summed E-state index contributed by atoms with van der Waals surface area (Å²) >= 11 is 1.08. The summed E-state index contributed by atoms with van der Waals surface area (Å²) in [5.74, 6) is -0.700. The largest absolute Gasteiger partial charge is 0.507 e. The Morgan fingerprint density at radius 2 is 1.71 bits per heavy atom. The number of amides is 2. The molecule has 3 N–H and O–H groups in total. The van der Waals surface area contributed by atoms with E-state index in [1.54, 1.807) is 23.6 Å². The van der Waals surface area contributed by atoms with Gasteiger partial charge in [-0.15, -0.1) is 11.3 Å². The number of aromatic hydroxyl groups is 1. The molecule has 2 amide bonds. The highest BCUT2D eigenvalue weighted by molar-refractivity contribution is 7.94. The van der Waals surface area contributed by atoms with Gasteiger partial charge in [0.2, 0.25) is 5.91 Å². The zero-order valence-electron chi connectivity index (χ0n) is 18.4. The molecule has 1 aromatic heterocycles. The first kappa shape index (κ1) is 23.8. The van der Waals surface area contributed by atoms with E-state index in [9.17, 15) is 23.1 Å². The van der Waals surface area contributed by atoms with Crippen LogP contribution in [0.15, 0.2) is 64.2 Å². The minimum absolute atomic E-state index is 0.0133. The summed E-state index contributed by atoms with van der Waals surface area (Å²) < 4.78 is 27.2. The van der Waals surface area contributed by atoms with Gasteiger partial charge >= 0.3 is 0 Å². The molecule has 0 bridgehead atoms. The van der Waals surface area contributed by atoms with Gasteiger partial charge in [0.1, 0.15) is 9.96 Å². The quantitative estimate of drug-likeness (QED) is 0.432. The van der Waals surface area contributed by atoms with E-state index < -0.39 is 15.9 Å². The molecule has 0 atom stereocenters. The number of benzene rings is 2. The summed E-state index contributed by atoms with van der Waals surface area (Å²) in [5.41, 5.74) is 1.70. The van der Waals surface area contributed by atoms with E-state index in [1.807, 2.05) is 17.0 Å². The van der Waals surface area contributed by atoms with Gasteiger partial charge in [-0.1, -0.05) is 18.2 Å². The second-order valence-electron chi connectivity index (χ2n) is 8.01. The van der Waals surface area contributed by atoms with E-state index in [1.165, 1.54) is 24.3 Å². The second kappa shape index (κ2) is 10.3. The maximum Gasteiger partial charge on any atom is 0.271 e. The van der Waals surface area contributed by atoms with E-state index in [4.69, 9.17) is 0 Å². The monoisotopic (exact) mass is 499 g/mol. The van der Waals surface area contributed by atoms with Crippen LogP contribution in [0.25, 0.3) is 0 Å². The fraction of sp³-hybridized carbons (Fsp3) is 0.250. The van der Waals surface area contributed by atoms with Crippen LogP contribution in [0.3, 0.4) is 0 Å². The first-order valence-electron chi connectivity index (χ1n) is 10.9. The van der Waals surface area contributed by atoms with Gasteiger partial charge in [0, 0.05) is 31.3 Å². The van der Waals surface area contributed by atoms with E-state index in [2.05, 4.69) is 10.0 Å². The molecule has 10 heteroatoms. The molecule has 1 aliphatic rings. The number of likely N-dealkylation sites (tertiary alicyclic amines) is 1. The molecule has 0 saturated carbocycles. The SMILES string of the molecule is O=C(Nc1ccc(CCC(=O)N2CCCC2)cc1)c1ccc(NS(=O)(=O)c2cccs2)cc1O. The van der Waals surface area contributed by atoms with Crippen LogP contribution < -0.4 is 10.0 Å². The van der Waals surface area contributed by atoms with E-state index in [0.29, 0.717) is 18.5 Å². The zero-order chi connectivity index (χ0) is 24.1. The summed E-state index contributed by atoms with van der Waals surface area (Å²) in [6.07, 6.45) is 3.24. The Bertz CT molecular complexity index is 1270. The number of phenols is 1. The van der Waals surface area contributed by atoms with E-state index >= 15 is 0 Å². The molecule has 1 fully saturated rings. The number of nitrogens with one attached hydrogen (secondary N) is 2. The van der Waals surface area contributed by atoms with Crippen molar-refractivity contribution < 1.29 is 23.1 Å². The molecule has 1 saturated heterocycles. The van der Waals surface area contributed by atoms with Crippen LogP contribution in [0.1, 0.15) is 35.2 Å². The molecular formula is C24H25N3O5S2. The van der Waals surface area contributed by atoms with Crippen LogP contribution >= 0.6 is 11.3 Å². The molecule has 2 heterocycles. The minimum Gasteiger partial charge on any atom is -0.507 e. The third-order valence-corrected chi connectivity index (χ3v) is 8.33. The molecule has 0 unspecified atom stereocenters. The molecule has 1 aliphatic heterocycles. The number of carbonyl (C=O) groups is 2. The van der Waals surface area contributed by atoms with Crippen molar-refractivity contribution in [2.45, 2.75) is 29.9 Å². The summed E-state index contributed by atoms with van der Waals surface area (Å²) in [6.45, 7) is 1.69. The maximum absolute atomic E-state index is 12.6. The van der Waals surface area contributed by atoms with Crippen LogP contribution in [-0.2, 0) is 21.2 Å². The lowest BCUT2D eigenvalue weighted by Crippen LogP contribution is -2.27. The van der Waals surface area contributed by atoms with Crippen molar-refractivity contribution >= 4 is 44.5 Å². The number of thiophene rings is 1. The fourth-order valence-electron chi connectivity index (χ4n) is 3.74. The molecule has 0 spiro atoms. The third-order valence-electron chi connectivity index (χ3n) is 5.55. The number of hydrogen-bond acceptors (Lipinski definition) is 6. The van der Waals surface area contributed by atoms with Crippen LogP contribution in [0, 0.1) is 0 Å². The number of aryl methyl sites for hydroxylation is 1. The molecule has 2 aromatic carbocycles. The lowest BCUT2D eigenvalue weighted by molar-refractivity contribution is -0.130. The topological polar surface area (TPSA) is 116 Å². The number of sulfonamides is 1. The highest BCUT2D eigenvalue weighted by atomic mass is 32.2. The van der Waals surface area contributed by atoms with Gasteiger partial charge in [-0.05, 0) is 60.5 Å². The highest BCUT2D eigenvalue weighted by Crippen LogP contribution is 2.26. The number of hydrogen-bond donors (Lipinski definition) is 3. The standard InChI is InChI=1S/C24H25N3O5S2/c28-21-16-19(26-34(31,32)23-4-3-15-33-23)10-11-20(21)24(30)25-18-8-5-17(6-9-18)7-12-22(29)27-13-1-2-14-27/h3-6,8-11,15-16,26,28H,1-2,7,12-14H2,(H,25,30). The summed E-state index contributed by atoms with van der Waals surface area (Å²) in [5, 5.41) is 14.7. The van der Waals surface area contributed by atoms with Gasteiger partial charge in [0.05, 0.1) is 11.3 Å². The Balaban J connectivity index is 1.34. The fourth-order valence-corrected chi connectivity index (χ4v) is 5.78. The number of anilines is 2. The van der Waals surface area contributed by atoms with Crippen molar-refractivity contribution in [1.82, 2.24) is 4.90 Å². The molecule has 0 radical (unpaired) electrons. The first-order chi connectivity index (χ1) is 16.3. The van der Waals surface area contributed by atoms with Crippen molar-refractivity contribution in [3.63, 3.8) is 0 Å². The zero-order valence-corrected chi connectivity index (χ0v) is 20.0. The Labute approximate surface area is 202 Å². The number of phenolic OH excluding ortho intramolecular Hbond substituents is 1. The van der Waals surface area contributed by atoms with Gasteiger partial charge in [0.15, 0.2) is 0 Å². The van der Waals surface area contributed by atoms with Crippen LogP contribution in [-0.4, -0.2) is 43.3 Å². The van der Waals surface area contributed by atoms with Crippen molar-refractivity contribution in [3.05, 3.63) is 71.1 Å². The Kier molecular flexibility index (Phi) is 7.18. The number of carbonyl (C=O) groups excluding carboxylic acids is 2. The average molecular weight is 500 g/mol. The molecule has 4 rings (SSSR count). The van der Waals surface area contributed by atoms with Crippen molar-refractivity contribution in [2.24, 2.45) is 0 Å². The van der Waals surface area contributed by atoms with E-state index in [0.717, 1.165) is 42.8 Å². The molecule has 3 aromatic rings. The van der Waals surface area contributed by atoms with Crippen LogP contribution in [0.4, 0.5) is 11.4 Å². The average Bonchev–Trinajstić information content (AvgIpc) is 3.53. The summed E-state index contributed by atoms with van der Waals surface area (Å²) in [7, 11) is -3.75. The second-order valence-corrected chi connectivity index (χ2v) is 10.9. The molecule has 34 heavy (non-hydrogen) atoms. The maximum atomic E-state index is 12.6. The molecule has 0 aliphatic carbocycles. The molecule has 178 valence electrons. The lowest BCUT2D eigenvalue weighted by Gasteiger charge is -2.15. The van der Waals surface area contributed by atoms with Crippen molar-refractivity contribution in [3.8, 4) is 5.75 Å². The lowest BCUT2D eigenvalue weighted by atomic mass is 10.1. The molecule has 8 nitrogen and oxygen atoms in total. The van der Waals surface area contributed by atoms with Gasteiger partial charge in [-0.2, -0.15) is 0 Å². The van der Waals surface area contributed by atoms with Gasteiger partial charge in [0.25, 0.3) is 15.9 Å². The number of rotatable bonds is 8. The molecular weight excluding hydrogens is 474 g/mol. The minimum atomic E-state index is -3.75. The Morgan fingerprint density at radius 1 is 1.00 bits per heavy atom. The summed E-state index contributed by atoms with van der Waals surface area (Å²) in [4.78, 5) is 26.7. The van der Waals surface area contributed by atoms with Crippen molar-refractivity contribution in [1.29, 1.82) is 0 Å². The van der Waals surface area contributed by atoms with Crippen LogP contribution in [0.2, 0.25) is 0 Å². The smallest absolute Gasteiger partial charge is 0.271 e. The van der Waals surface area contributed by atoms with Gasteiger partial charge in [-0.3, -0.25) is 14.3 Å². The van der Waals surface area contributed by atoms with Gasteiger partial charge in [-0.25, -0.2) is 8.42 Å².